The first-order valence-electron chi connectivity index (χ1n) is 5.78. The maximum atomic E-state index is 9.79. The molecule has 0 bridgehead atoms. The standard InChI is InChI=1S/C14H16N2O2/c1-9(12-8-11(17)5-6-14(12)18)16-13-4-3-7-15-10(13)2/h3-9,16-18H,1-2H3. The van der Waals surface area contributed by atoms with E-state index in [1.165, 1.54) is 12.1 Å². The molecule has 0 radical (unpaired) electrons. The Hall–Kier alpha value is -2.23. The van der Waals surface area contributed by atoms with Crippen molar-refractivity contribution in [3.8, 4) is 11.5 Å². The lowest BCUT2D eigenvalue weighted by molar-refractivity contribution is 0.451. The van der Waals surface area contributed by atoms with Crippen LogP contribution in [-0.2, 0) is 0 Å². The summed E-state index contributed by atoms with van der Waals surface area (Å²) in [6, 6.07) is 8.15. The maximum Gasteiger partial charge on any atom is 0.121 e. The van der Waals surface area contributed by atoms with Crippen LogP contribution in [-0.4, -0.2) is 15.2 Å². The highest BCUT2D eigenvalue weighted by atomic mass is 16.3. The van der Waals surface area contributed by atoms with Crippen LogP contribution in [0.5, 0.6) is 11.5 Å². The molecule has 0 saturated heterocycles. The molecule has 1 heterocycles. The fourth-order valence-corrected chi connectivity index (χ4v) is 1.84. The predicted molar refractivity (Wildman–Crippen MR) is 70.8 cm³/mol. The lowest BCUT2D eigenvalue weighted by atomic mass is 10.1. The summed E-state index contributed by atoms with van der Waals surface area (Å²) in [4.78, 5) is 4.19. The van der Waals surface area contributed by atoms with Crippen LogP contribution in [0.2, 0.25) is 0 Å². The largest absolute Gasteiger partial charge is 0.508 e. The second-order valence-electron chi connectivity index (χ2n) is 4.25. The van der Waals surface area contributed by atoms with E-state index in [4.69, 9.17) is 0 Å². The van der Waals surface area contributed by atoms with Gasteiger partial charge in [-0.3, -0.25) is 4.98 Å². The summed E-state index contributed by atoms with van der Waals surface area (Å²) in [6.07, 6.45) is 1.73. The first-order valence-corrected chi connectivity index (χ1v) is 5.78. The van der Waals surface area contributed by atoms with Gasteiger partial charge < -0.3 is 15.5 Å². The van der Waals surface area contributed by atoms with Crippen molar-refractivity contribution in [1.29, 1.82) is 0 Å². The van der Waals surface area contributed by atoms with Gasteiger partial charge in [0, 0.05) is 11.8 Å². The van der Waals surface area contributed by atoms with Crippen molar-refractivity contribution in [2.24, 2.45) is 0 Å². The molecule has 4 heteroatoms. The zero-order valence-electron chi connectivity index (χ0n) is 10.4. The van der Waals surface area contributed by atoms with Gasteiger partial charge >= 0.3 is 0 Å². The zero-order valence-corrected chi connectivity index (χ0v) is 10.4. The van der Waals surface area contributed by atoms with Gasteiger partial charge in [-0.2, -0.15) is 0 Å². The van der Waals surface area contributed by atoms with Crippen molar-refractivity contribution in [3.05, 3.63) is 47.8 Å². The van der Waals surface area contributed by atoms with E-state index in [0.717, 1.165) is 11.4 Å². The zero-order chi connectivity index (χ0) is 13.1. The normalized spacial score (nSPS) is 12.1. The molecule has 0 aliphatic rings. The lowest BCUT2D eigenvalue weighted by Crippen LogP contribution is -2.08. The van der Waals surface area contributed by atoms with E-state index in [-0.39, 0.29) is 17.5 Å². The molecule has 0 spiro atoms. The fraction of sp³-hybridized carbons (Fsp3) is 0.214. The topological polar surface area (TPSA) is 65.4 Å². The van der Waals surface area contributed by atoms with E-state index in [9.17, 15) is 10.2 Å². The van der Waals surface area contributed by atoms with Gasteiger partial charge in [-0.05, 0) is 44.2 Å². The van der Waals surface area contributed by atoms with Gasteiger partial charge in [0.2, 0.25) is 0 Å². The SMILES string of the molecule is Cc1ncccc1NC(C)c1cc(O)ccc1O. The highest BCUT2D eigenvalue weighted by Crippen LogP contribution is 2.30. The Morgan fingerprint density at radius 1 is 1.22 bits per heavy atom. The number of phenolic OH excluding ortho intramolecular Hbond substituents is 2. The number of anilines is 1. The molecule has 2 aromatic rings. The number of hydrogen-bond donors (Lipinski definition) is 3. The molecule has 18 heavy (non-hydrogen) atoms. The van der Waals surface area contributed by atoms with Crippen LogP contribution < -0.4 is 5.32 Å². The summed E-state index contributed by atoms with van der Waals surface area (Å²) in [6.45, 7) is 3.83. The summed E-state index contributed by atoms with van der Waals surface area (Å²) in [5.41, 5.74) is 2.45. The van der Waals surface area contributed by atoms with Crippen molar-refractivity contribution in [2.45, 2.75) is 19.9 Å². The molecular weight excluding hydrogens is 228 g/mol. The first kappa shape index (κ1) is 12.2. The van der Waals surface area contributed by atoms with Crippen LogP contribution in [0.4, 0.5) is 5.69 Å². The quantitative estimate of drug-likeness (QED) is 0.726. The number of pyridine rings is 1. The Bertz CT molecular complexity index is 555. The van der Waals surface area contributed by atoms with E-state index in [1.54, 1.807) is 12.3 Å². The molecule has 1 aromatic carbocycles. The van der Waals surface area contributed by atoms with Crippen molar-refractivity contribution < 1.29 is 10.2 Å². The summed E-state index contributed by atoms with van der Waals surface area (Å²) in [7, 11) is 0. The van der Waals surface area contributed by atoms with Crippen molar-refractivity contribution in [2.75, 3.05) is 5.32 Å². The molecule has 0 aliphatic heterocycles. The Kier molecular flexibility index (Phi) is 3.37. The Balaban J connectivity index is 2.25. The molecule has 3 N–H and O–H groups in total. The number of benzene rings is 1. The predicted octanol–water partition coefficient (Wildman–Crippen LogP) is 2.97. The van der Waals surface area contributed by atoms with Crippen molar-refractivity contribution in [3.63, 3.8) is 0 Å². The maximum absolute atomic E-state index is 9.79. The van der Waals surface area contributed by atoms with Crippen LogP contribution in [0.3, 0.4) is 0 Å². The average Bonchev–Trinajstić information content (AvgIpc) is 2.35. The monoisotopic (exact) mass is 244 g/mol. The number of aromatic hydroxyl groups is 2. The smallest absolute Gasteiger partial charge is 0.121 e. The highest BCUT2D eigenvalue weighted by Gasteiger charge is 2.12. The second kappa shape index (κ2) is 4.96. The fourth-order valence-electron chi connectivity index (χ4n) is 1.84. The van der Waals surface area contributed by atoms with Gasteiger partial charge in [0.05, 0.1) is 17.4 Å². The number of aromatic nitrogens is 1. The molecular formula is C14H16N2O2. The molecule has 0 fully saturated rings. The van der Waals surface area contributed by atoms with Crippen LogP contribution in [0, 0.1) is 6.92 Å². The van der Waals surface area contributed by atoms with Gasteiger partial charge in [0.25, 0.3) is 0 Å². The third-order valence-corrected chi connectivity index (χ3v) is 2.86. The van der Waals surface area contributed by atoms with Gasteiger partial charge in [-0.25, -0.2) is 0 Å². The molecule has 0 saturated carbocycles. The first-order chi connectivity index (χ1) is 8.58. The minimum absolute atomic E-state index is 0.125. The molecule has 94 valence electrons. The van der Waals surface area contributed by atoms with Crippen LogP contribution >= 0.6 is 0 Å². The van der Waals surface area contributed by atoms with Crippen molar-refractivity contribution >= 4 is 5.69 Å². The molecule has 2 rings (SSSR count). The summed E-state index contributed by atoms with van der Waals surface area (Å²) in [5.74, 6) is 0.300. The second-order valence-corrected chi connectivity index (χ2v) is 4.25. The number of nitrogens with one attached hydrogen (secondary N) is 1. The number of nitrogens with zero attached hydrogens (tertiary/aromatic N) is 1. The summed E-state index contributed by atoms with van der Waals surface area (Å²) < 4.78 is 0. The third-order valence-electron chi connectivity index (χ3n) is 2.86. The number of rotatable bonds is 3. The van der Waals surface area contributed by atoms with Gasteiger partial charge in [0.15, 0.2) is 0 Å². The van der Waals surface area contributed by atoms with E-state index in [2.05, 4.69) is 10.3 Å². The lowest BCUT2D eigenvalue weighted by Gasteiger charge is -2.18. The Morgan fingerprint density at radius 2 is 2.00 bits per heavy atom. The van der Waals surface area contributed by atoms with E-state index >= 15 is 0 Å². The molecule has 4 nitrogen and oxygen atoms in total. The Morgan fingerprint density at radius 3 is 2.72 bits per heavy atom. The van der Waals surface area contributed by atoms with Crippen LogP contribution in [0.25, 0.3) is 0 Å². The van der Waals surface area contributed by atoms with Gasteiger partial charge in [0.1, 0.15) is 11.5 Å². The van der Waals surface area contributed by atoms with Gasteiger partial charge in [-0.1, -0.05) is 0 Å². The number of aryl methyl sites for hydroxylation is 1. The minimum atomic E-state index is -0.125. The van der Waals surface area contributed by atoms with Crippen LogP contribution in [0.1, 0.15) is 24.2 Å². The highest BCUT2D eigenvalue weighted by molar-refractivity contribution is 5.51. The summed E-state index contributed by atoms with van der Waals surface area (Å²) in [5, 5.41) is 22.5. The molecule has 1 aromatic heterocycles. The molecule has 0 aliphatic carbocycles. The average molecular weight is 244 g/mol. The van der Waals surface area contributed by atoms with Crippen molar-refractivity contribution in [1.82, 2.24) is 4.98 Å². The van der Waals surface area contributed by atoms with Gasteiger partial charge in [-0.15, -0.1) is 0 Å². The molecule has 1 atom stereocenters. The number of phenols is 2. The van der Waals surface area contributed by atoms with E-state index in [0.29, 0.717) is 5.56 Å². The molecule has 0 amide bonds. The summed E-state index contributed by atoms with van der Waals surface area (Å²) >= 11 is 0. The Labute approximate surface area is 106 Å². The minimum Gasteiger partial charge on any atom is -0.508 e. The van der Waals surface area contributed by atoms with E-state index < -0.39 is 0 Å². The third kappa shape index (κ3) is 2.53. The van der Waals surface area contributed by atoms with E-state index in [1.807, 2.05) is 26.0 Å². The van der Waals surface area contributed by atoms with Crippen LogP contribution in [0.15, 0.2) is 36.5 Å². The molecule has 1 unspecified atom stereocenters. The number of hydrogen-bond acceptors (Lipinski definition) is 4.